The second-order valence-electron chi connectivity index (χ2n) is 5.68. The van der Waals surface area contributed by atoms with Gasteiger partial charge < -0.3 is 14.7 Å². The van der Waals surface area contributed by atoms with Gasteiger partial charge in [-0.05, 0) is 36.1 Å². The van der Waals surface area contributed by atoms with E-state index in [4.69, 9.17) is 4.74 Å². The van der Waals surface area contributed by atoms with E-state index in [1.54, 1.807) is 0 Å². The monoisotopic (exact) mass is 283 g/mol. The van der Waals surface area contributed by atoms with Gasteiger partial charge in [-0.3, -0.25) is 0 Å². The van der Waals surface area contributed by atoms with E-state index in [2.05, 4.69) is 6.07 Å². The summed E-state index contributed by atoms with van der Waals surface area (Å²) in [6, 6.07) is 14.0. The Morgan fingerprint density at radius 1 is 1.10 bits per heavy atom. The quantitative estimate of drug-likeness (QED) is 0.939. The van der Waals surface area contributed by atoms with Crippen molar-refractivity contribution in [2.75, 3.05) is 25.6 Å². The van der Waals surface area contributed by atoms with Gasteiger partial charge in [0.25, 0.3) is 0 Å². The number of nitrogens with zero attached hydrogens (tertiary/aromatic N) is 1. The highest BCUT2D eigenvalue weighted by Gasteiger charge is 2.20. The number of hydrogen-bond donors (Lipinski definition) is 1. The van der Waals surface area contributed by atoms with Crippen molar-refractivity contribution >= 4 is 5.69 Å². The third-order valence-electron chi connectivity index (χ3n) is 3.98. The average molecular weight is 283 g/mol. The van der Waals surface area contributed by atoms with Crippen LogP contribution >= 0.6 is 0 Å². The van der Waals surface area contributed by atoms with Crippen LogP contribution in [0.5, 0.6) is 5.75 Å². The number of ether oxygens (including phenoxy) is 1. The third-order valence-corrected chi connectivity index (χ3v) is 3.98. The molecule has 0 amide bonds. The Morgan fingerprint density at radius 2 is 1.86 bits per heavy atom. The molecule has 3 rings (SSSR count). The van der Waals surface area contributed by atoms with Crippen molar-refractivity contribution in [3.63, 3.8) is 0 Å². The van der Waals surface area contributed by atoms with E-state index in [1.165, 1.54) is 5.56 Å². The highest BCUT2D eigenvalue weighted by molar-refractivity contribution is 5.50. The molecule has 0 aromatic heterocycles. The first-order valence-corrected chi connectivity index (χ1v) is 7.37. The Hall–Kier alpha value is -2.00. The number of fused-ring (bicyclic) bond motifs is 1. The lowest BCUT2D eigenvalue weighted by molar-refractivity contribution is 0.207. The molecule has 0 saturated heterocycles. The molecule has 110 valence electrons. The van der Waals surface area contributed by atoms with Crippen LogP contribution in [0.25, 0.3) is 0 Å². The van der Waals surface area contributed by atoms with E-state index >= 15 is 0 Å². The minimum absolute atomic E-state index is 0.644. The first kappa shape index (κ1) is 14.0. The summed E-state index contributed by atoms with van der Waals surface area (Å²) in [5.74, 6) is 0.868. The Morgan fingerprint density at radius 3 is 2.57 bits per heavy atom. The first-order chi connectivity index (χ1) is 10.2. The van der Waals surface area contributed by atoms with E-state index in [0.717, 1.165) is 42.0 Å². The zero-order valence-corrected chi connectivity index (χ0v) is 12.5. The van der Waals surface area contributed by atoms with Crippen molar-refractivity contribution in [1.29, 1.82) is 0 Å². The molecule has 1 heterocycles. The molecule has 1 atom stereocenters. The fourth-order valence-corrected chi connectivity index (χ4v) is 2.76. The minimum atomic E-state index is -0.644. The number of anilines is 1. The molecule has 2 aromatic carbocycles. The summed E-state index contributed by atoms with van der Waals surface area (Å²) in [5, 5.41) is 10.7. The van der Waals surface area contributed by atoms with E-state index < -0.39 is 6.10 Å². The molecule has 21 heavy (non-hydrogen) atoms. The number of aryl methyl sites for hydroxylation is 1. The number of aliphatic hydroxyl groups excluding tert-OH is 1. The number of rotatable bonds is 3. The van der Waals surface area contributed by atoms with Crippen LogP contribution in [0.3, 0.4) is 0 Å². The molecular formula is C18H21NO2. The number of hydrogen-bond acceptors (Lipinski definition) is 3. The van der Waals surface area contributed by atoms with Gasteiger partial charge in [0.1, 0.15) is 11.9 Å². The molecule has 0 spiro atoms. The predicted octanol–water partition coefficient (Wildman–Crippen LogP) is 3.16. The molecule has 2 aromatic rings. The van der Waals surface area contributed by atoms with Crippen molar-refractivity contribution < 1.29 is 9.84 Å². The third kappa shape index (κ3) is 2.74. The summed E-state index contributed by atoms with van der Waals surface area (Å²) in [6.45, 7) is 0.732. The smallest absolute Gasteiger partial charge is 0.128 e. The van der Waals surface area contributed by atoms with Crippen LogP contribution in [-0.4, -0.2) is 25.8 Å². The average Bonchev–Trinajstić information content (AvgIpc) is 2.53. The van der Waals surface area contributed by atoms with Crippen molar-refractivity contribution in [2.24, 2.45) is 0 Å². The van der Waals surface area contributed by atoms with Crippen LogP contribution in [0.15, 0.2) is 42.5 Å². The van der Waals surface area contributed by atoms with Crippen LogP contribution in [0, 0.1) is 0 Å². The van der Waals surface area contributed by atoms with Gasteiger partial charge in [-0.1, -0.05) is 30.3 Å². The molecule has 0 saturated carbocycles. The Kier molecular flexibility index (Phi) is 3.84. The molecular weight excluding hydrogens is 262 g/mol. The van der Waals surface area contributed by atoms with E-state index in [0.29, 0.717) is 0 Å². The lowest BCUT2D eigenvalue weighted by atomic mass is 9.95. The summed E-state index contributed by atoms with van der Waals surface area (Å²) in [7, 11) is 4.01. The lowest BCUT2D eigenvalue weighted by Gasteiger charge is -2.23. The van der Waals surface area contributed by atoms with Gasteiger partial charge in [-0.25, -0.2) is 0 Å². The van der Waals surface area contributed by atoms with E-state index in [9.17, 15) is 5.11 Å². The molecule has 1 aliphatic heterocycles. The van der Waals surface area contributed by atoms with Gasteiger partial charge in [0.05, 0.1) is 6.61 Å². The van der Waals surface area contributed by atoms with Crippen LogP contribution < -0.4 is 9.64 Å². The van der Waals surface area contributed by atoms with Gasteiger partial charge in [0.2, 0.25) is 0 Å². The molecule has 0 aliphatic carbocycles. The zero-order chi connectivity index (χ0) is 14.8. The van der Waals surface area contributed by atoms with Crippen LogP contribution in [0.1, 0.15) is 29.2 Å². The lowest BCUT2D eigenvalue weighted by Crippen LogP contribution is -2.13. The van der Waals surface area contributed by atoms with Crippen molar-refractivity contribution in [2.45, 2.75) is 18.9 Å². The summed E-state index contributed by atoms with van der Waals surface area (Å²) >= 11 is 0. The zero-order valence-electron chi connectivity index (χ0n) is 12.5. The SMILES string of the molecule is CN(C)c1ccc(C(O)c2cccc3c2OCCC3)cc1. The van der Waals surface area contributed by atoms with Crippen LogP contribution in [0.4, 0.5) is 5.69 Å². The summed E-state index contributed by atoms with van der Waals surface area (Å²) in [6.07, 6.45) is 1.42. The summed E-state index contributed by atoms with van der Waals surface area (Å²) < 4.78 is 5.79. The topological polar surface area (TPSA) is 32.7 Å². The van der Waals surface area contributed by atoms with Gasteiger partial charge >= 0.3 is 0 Å². The van der Waals surface area contributed by atoms with Crippen LogP contribution in [-0.2, 0) is 6.42 Å². The van der Waals surface area contributed by atoms with Crippen molar-refractivity contribution in [3.8, 4) is 5.75 Å². The summed E-state index contributed by atoms with van der Waals surface area (Å²) in [5.41, 5.74) is 4.08. The molecule has 3 heteroatoms. The Balaban J connectivity index is 1.93. The first-order valence-electron chi connectivity index (χ1n) is 7.37. The highest BCUT2D eigenvalue weighted by atomic mass is 16.5. The second-order valence-corrected chi connectivity index (χ2v) is 5.68. The van der Waals surface area contributed by atoms with Crippen LogP contribution in [0.2, 0.25) is 0 Å². The normalized spacial score (nSPS) is 15.0. The molecule has 0 fully saturated rings. The number of benzene rings is 2. The minimum Gasteiger partial charge on any atom is -0.493 e. The molecule has 1 unspecified atom stereocenters. The van der Waals surface area contributed by atoms with Gasteiger partial charge in [-0.15, -0.1) is 0 Å². The molecule has 3 nitrogen and oxygen atoms in total. The van der Waals surface area contributed by atoms with Crippen molar-refractivity contribution in [3.05, 3.63) is 59.2 Å². The van der Waals surface area contributed by atoms with Gasteiger partial charge in [-0.2, -0.15) is 0 Å². The van der Waals surface area contributed by atoms with E-state index in [1.807, 2.05) is 55.4 Å². The maximum absolute atomic E-state index is 10.7. The molecule has 1 N–H and O–H groups in total. The maximum Gasteiger partial charge on any atom is 0.128 e. The fourth-order valence-electron chi connectivity index (χ4n) is 2.76. The standard InChI is InChI=1S/C18H21NO2/c1-19(2)15-10-8-13(9-11-15)17(20)16-7-3-5-14-6-4-12-21-18(14)16/h3,5,7-11,17,20H,4,6,12H2,1-2H3. The largest absolute Gasteiger partial charge is 0.493 e. The second kappa shape index (κ2) is 5.78. The molecule has 0 radical (unpaired) electrons. The van der Waals surface area contributed by atoms with Gasteiger partial charge in [0.15, 0.2) is 0 Å². The Bertz CT molecular complexity index is 620. The number of para-hydroxylation sites is 1. The highest BCUT2D eigenvalue weighted by Crippen LogP contribution is 2.35. The summed E-state index contributed by atoms with van der Waals surface area (Å²) in [4.78, 5) is 2.05. The molecule has 0 bridgehead atoms. The fraction of sp³-hybridized carbons (Fsp3) is 0.333. The molecule has 1 aliphatic rings. The maximum atomic E-state index is 10.7. The van der Waals surface area contributed by atoms with Crippen molar-refractivity contribution in [1.82, 2.24) is 0 Å². The van der Waals surface area contributed by atoms with Gasteiger partial charge in [0, 0.05) is 25.3 Å². The number of aliphatic hydroxyl groups is 1. The Labute approximate surface area is 125 Å². The predicted molar refractivity (Wildman–Crippen MR) is 85.1 cm³/mol. The van der Waals surface area contributed by atoms with E-state index in [-0.39, 0.29) is 0 Å².